The second-order valence-electron chi connectivity index (χ2n) is 19.8. The molecule has 10 aromatic rings. The molecule has 0 radical (unpaired) electrons. The van der Waals surface area contributed by atoms with Crippen LogP contribution in [0, 0.1) is 0 Å². The van der Waals surface area contributed by atoms with Crippen LogP contribution >= 0.6 is 0 Å². The fraction of sp³-hybridized carbons (Fsp3) is 0.0909. The minimum absolute atomic E-state index is 0.0466. The summed E-state index contributed by atoms with van der Waals surface area (Å²) in [4.78, 5) is 5.15. The Balaban J connectivity index is 1.18. The number of nitrogens with zero attached hydrogens (tertiary/aromatic N) is 2. The summed E-state index contributed by atoms with van der Waals surface area (Å²) in [7, 11) is 0. The normalized spacial score (nSPS) is 12.8. The van der Waals surface area contributed by atoms with E-state index in [1.165, 1.54) is 94.8 Å². The van der Waals surface area contributed by atoms with Crippen LogP contribution in [0.25, 0.3) is 33.4 Å². The summed E-state index contributed by atoms with van der Waals surface area (Å²) in [6, 6.07) is 92.3. The Kier molecular flexibility index (Phi) is 10.3. The van der Waals surface area contributed by atoms with Gasteiger partial charge in [0, 0.05) is 45.0 Å². The summed E-state index contributed by atoms with van der Waals surface area (Å²) in [5.74, 6) is 0. The van der Waals surface area contributed by atoms with Gasteiger partial charge in [0.1, 0.15) is 0 Å². The summed E-state index contributed by atoms with van der Waals surface area (Å²) in [6.45, 7) is 9.40. The van der Waals surface area contributed by atoms with Crippen LogP contribution < -0.4 is 26.2 Å². The zero-order chi connectivity index (χ0) is 46.7. The highest BCUT2D eigenvalue weighted by molar-refractivity contribution is 7.00. The Labute approximate surface area is 407 Å². The molecule has 330 valence electrons. The maximum absolute atomic E-state index is 2.57. The van der Waals surface area contributed by atoms with Crippen LogP contribution in [0.2, 0.25) is 0 Å². The highest BCUT2D eigenvalue weighted by Gasteiger charge is 2.45. The molecule has 3 heteroatoms. The van der Waals surface area contributed by atoms with E-state index in [1.807, 2.05) is 0 Å². The molecule has 0 bridgehead atoms. The Morgan fingerprint density at radius 3 is 1.01 bits per heavy atom. The summed E-state index contributed by atoms with van der Waals surface area (Å²) in [5.41, 5.74) is 22.6. The minimum atomic E-state index is -0.256. The van der Waals surface area contributed by atoms with Crippen molar-refractivity contribution in [2.45, 2.75) is 38.5 Å². The van der Waals surface area contributed by atoms with Crippen LogP contribution in [0.5, 0.6) is 0 Å². The van der Waals surface area contributed by atoms with Crippen LogP contribution in [0.15, 0.2) is 249 Å². The molecular formula is C66H53BN2. The van der Waals surface area contributed by atoms with Gasteiger partial charge in [-0.1, -0.05) is 228 Å². The molecule has 10 aromatic carbocycles. The first-order chi connectivity index (χ1) is 33.7. The van der Waals surface area contributed by atoms with Gasteiger partial charge < -0.3 is 9.80 Å². The van der Waals surface area contributed by atoms with Crippen molar-refractivity contribution in [3.63, 3.8) is 0 Å². The first kappa shape index (κ1) is 42.2. The molecule has 2 aliphatic heterocycles. The fourth-order valence-corrected chi connectivity index (χ4v) is 11.1. The van der Waals surface area contributed by atoms with E-state index in [4.69, 9.17) is 0 Å². The maximum Gasteiger partial charge on any atom is 0.252 e. The van der Waals surface area contributed by atoms with E-state index in [0.29, 0.717) is 0 Å². The van der Waals surface area contributed by atoms with Gasteiger partial charge in [0.15, 0.2) is 0 Å². The van der Waals surface area contributed by atoms with Crippen LogP contribution in [-0.4, -0.2) is 6.71 Å². The van der Waals surface area contributed by atoms with Crippen molar-refractivity contribution in [3.05, 3.63) is 271 Å². The smallest absolute Gasteiger partial charge is 0.252 e. The number of benzene rings is 10. The Morgan fingerprint density at radius 2 is 0.623 bits per heavy atom. The quantitative estimate of drug-likeness (QED) is 0.133. The molecule has 0 fully saturated rings. The summed E-state index contributed by atoms with van der Waals surface area (Å²) in [5, 5.41) is 0. The highest BCUT2D eigenvalue weighted by Crippen LogP contribution is 2.49. The molecule has 0 aromatic heterocycles. The third-order valence-electron chi connectivity index (χ3n) is 15.0. The van der Waals surface area contributed by atoms with Gasteiger partial charge in [0.05, 0.1) is 0 Å². The largest absolute Gasteiger partial charge is 0.311 e. The van der Waals surface area contributed by atoms with Crippen LogP contribution in [0.3, 0.4) is 0 Å². The predicted molar refractivity (Wildman–Crippen MR) is 294 cm³/mol. The van der Waals surface area contributed by atoms with E-state index < -0.39 is 0 Å². The molecule has 0 atom stereocenters. The Morgan fingerprint density at radius 1 is 0.275 bits per heavy atom. The van der Waals surface area contributed by atoms with E-state index in [9.17, 15) is 0 Å². The Bertz CT molecular complexity index is 3280. The van der Waals surface area contributed by atoms with Gasteiger partial charge in [0.25, 0.3) is 6.71 Å². The lowest BCUT2D eigenvalue weighted by Gasteiger charge is -2.45. The van der Waals surface area contributed by atoms with Crippen molar-refractivity contribution in [3.8, 4) is 33.4 Å². The molecule has 0 saturated heterocycles. The third kappa shape index (κ3) is 7.29. The first-order valence-electron chi connectivity index (χ1n) is 24.3. The molecule has 2 heterocycles. The van der Waals surface area contributed by atoms with E-state index in [1.54, 1.807) is 0 Å². The molecule has 0 saturated carbocycles. The van der Waals surface area contributed by atoms with Crippen molar-refractivity contribution in [1.29, 1.82) is 0 Å². The van der Waals surface area contributed by atoms with Crippen molar-refractivity contribution < 1.29 is 0 Å². The van der Waals surface area contributed by atoms with E-state index in [0.717, 1.165) is 11.4 Å². The SMILES string of the molecule is CC(C)(c1ccccc1)c1ccc2c(c1)N(c1cccc(-c3ccccc3)c1)c1cc(-c3ccccc3)cc3c1B2c1ccc(C(C)(C)c2ccccc2)cc1N3c1cccc(-c2ccccc2)c1. The summed E-state index contributed by atoms with van der Waals surface area (Å²) < 4.78 is 0. The van der Waals surface area contributed by atoms with Gasteiger partial charge in [-0.05, 0) is 121 Å². The zero-order valence-corrected chi connectivity index (χ0v) is 39.6. The lowest BCUT2D eigenvalue weighted by molar-refractivity contribution is 0.641. The number of hydrogen-bond acceptors (Lipinski definition) is 2. The molecule has 0 amide bonds. The van der Waals surface area contributed by atoms with E-state index in [2.05, 4.69) is 286 Å². The molecule has 0 N–H and O–H groups in total. The van der Waals surface area contributed by atoms with Gasteiger partial charge in [-0.15, -0.1) is 0 Å². The standard InChI is InChI=1S/C66H53BN2/c1-65(2,52-30-16-8-17-31-52)54-36-38-58-60(44-54)68(56-34-20-28-49(40-56)46-22-10-5-11-23-46)62-42-51(48-26-14-7-15-27-48)43-63-64(62)67(58)59-39-37-55(66(3,4)53-32-18-9-19-33-53)45-61(59)69(63)57-35-21-29-50(41-57)47-24-12-6-13-25-47/h5-45H,1-4H3. The van der Waals surface area contributed by atoms with Crippen LogP contribution in [-0.2, 0) is 10.8 Å². The van der Waals surface area contributed by atoms with Crippen LogP contribution in [0.1, 0.15) is 49.9 Å². The molecule has 2 aliphatic rings. The first-order valence-corrected chi connectivity index (χ1v) is 24.3. The summed E-state index contributed by atoms with van der Waals surface area (Å²) in [6.07, 6.45) is 0. The van der Waals surface area contributed by atoms with E-state index in [-0.39, 0.29) is 17.5 Å². The van der Waals surface area contributed by atoms with Gasteiger partial charge >= 0.3 is 0 Å². The van der Waals surface area contributed by atoms with Gasteiger partial charge in [-0.3, -0.25) is 0 Å². The van der Waals surface area contributed by atoms with Crippen molar-refractivity contribution in [2.75, 3.05) is 9.80 Å². The molecule has 69 heavy (non-hydrogen) atoms. The second kappa shape index (κ2) is 16.9. The third-order valence-corrected chi connectivity index (χ3v) is 15.0. The molecule has 12 rings (SSSR count). The number of anilines is 6. The monoisotopic (exact) mass is 884 g/mol. The molecule has 0 unspecified atom stereocenters. The average molecular weight is 885 g/mol. The van der Waals surface area contributed by atoms with Crippen molar-refractivity contribution in [1.82, 2.24) is 0 Å². The lowest BCUT2D eigenvalue weighted by Crippen LogP contribution is -2.61. The lowest BCUT2D eigenvalue weighted by atomic mass is 9.33. The number of rotatable bonds is 9. The topological polar surface area (TPSA) is 6.48 Å². The summed E-state index contributed by atoms with van der Waals surface area (Å²) >= 11 is 0. The van der Waals surface area contributed by atoms with Gasteiger partial charge in [-0.25, -0.2) is 0 Å². The fourth-order valence-electron chi connectivity index (χ4n) is 11.1. The van der Waals surface area contributed by atoms with E-state index >= 15 is 0 Å². The second-order valence-corrected chi connectivity index (χ2v) is 19.8. The maximum atomic E-state index is 2.57. The number of fused-ring (bicyclic) bond motifs is 4. The molecule has 0 spiro atoms. The minimum Gasteiger partial charge on any atom is -0.311 e. The molecule has 0 aliphatic carbocycles. The van der Waals surface area contributed by atoms with Gasteiger partial charge in [0.2, 0.25) is 0 Å². The van der Waals surface area contributed by atoms with Gasteiger partial charge in [-0.2, -0.15) is 0 Å². The zero-order valence-electron chi connectivity index (χ0n) is 39.6. The Hall–Kier alpha value is -8.14. The highest BCUT2D eigenvalue weighted by atomic mass is 15.2. The van der Waals surface area contributed by atoms with Crippen molar-refractivity contribution in [2.24, 2.45) is 0 Å². The molecule has 2 nitrogen and oxygen atoms in total. The molecular weight excluding hydrogens is 832 g/mol. The van der Waals surface area contributed by atoms with Crippen LogP contribution in [0.4, 0.5) is 34.1 Å². The predicted octanol–water partition coefficient (Wildman–Crippen LogP) is 15.4. The van der Waals surface area contributed by atoms with Crippen molar-refractivity contribution >= 4 is 57.2 Å². The number of hydrogen-bond donors (Lipinski definition) is 0. The average Bonchev–Trinajstić information content (AvgIpc) is 3.41.